The lowest BCUT2D eigenvalue weighted by atomic mass is 10.2. The molecule has 0 fully saturated rings. The highest BCUT2D eigenvalue weighted by molar-refractivity contribution is 5.77. The van der Waals surface area contributed by atoms with Crippen LogP contribution in [0.4, 0.5) is 0 Å². The van der Waals surface area contributed by atoms with E-state index in [0.29, 0.717) is 13.1 Å². The monoisotopic (exact) mass is 184 g/mol. The van der Waals surface area contributed by atoms with Crippen LogP contribution in [0.5, 0.6) is 0 Å². The average Bonchev–Trinajstić information content (AvgIpc) is 2.13. The van der Waals surface area contributed by atoms with Crippen molar-refractivity contribution in [2.75, 3.05) is 19.6 Å². The maximum Gasteiger partial charge on any atom is 0.233 e. The number of carbonyl (C=O) groups is 1. The summed E-state index contributed by atoms with van der Waals surface area (Å²) in [5.74, 6) is 0.0675. The molecule has 0 atom stereocenters. The molecular weight excluding hydrogens is 164 g/mol. The highest BCUT2D eigenvalue weighted by Crippen LogP contribution is 1.90. The van der Waals surface area contributed by atoms with Crippen LogP contribution < -0.4 is 10.6 Å². The maximum absolute atomic E-state index is 11.1. The molecule has 0 aliphatic carbocycles. The molecule has 0 spiro atoms. The fourth-order valence-electron chi connectivity index (χ4n) is 0.953. The number of rotatable bonds is 8. The number of amides is 1. The van der Waals surface area contributed by atoms with Crippen molar-refractivity contribution in [3.63, 3.8) is 0 Å². The Morgan fingerprint density at radius 3 is 2.85 bits per heavy atom. The summed E-state index contributed by atoms with van der Waals surface area (Å²) in [6, 6.07) is 0. The Bertz CT molecular complexity index is 146. The van der Waals surface area contributed by atoms with Crippen molar-refractivity contribution in [3.05, 3.63) is 12.7 Å². The smallest absolute Gasteiger partial charge is 0.233 e. The molecule has 1 amide bonds. The first-order valence-corrected chi connectivity index (χ1v) is 4.89. The molecule has 13 heavy (non-hydrogen) atoms. The molecule has 0 unspecified atom stereocenters. The standard InChI is InChI=1S/C10H20N2O/c1-3-5-6-8-12-10(13)9-11-7-4-2/h4,11H,2-3,5-9H2,1H3,(H,12,13). The number of nitrogens with one attached hydrogen (secondary N) is 2. The van der Waals surface area contributed by atoms with Gasteiger partial charge in [0.2, 0.25) is 5.91 Å². The first kappa shape index (κ1) is 12.2. The minimum absolute atomic E-state index is 0.0675. The number of hydrogen-bond acceptors (Lipinski definition) is 2. The van der Waals surface area contributed by atoms with Gasteiger partial charge in [-0.3, -0.25) is 4.79 Å². The van der Waals surface area contributed by atoms with Crippen molar-refractivity contribution < 1.29 is 4.79 Å². The van der Waals surface area contributed by atoms with Crippen molar-refractivity contribution in [3.8, 4) is 0 Å². The lowest BCUT2D eigenvalue weighted by molar-refractivity contribution is -0.120. The molecule has 0 heterocycles. The highest BCUT2D eigenvalue weighted by Gasteiger charge is 1.97. The van der Waals surface area contributed by atoms with E-state index in [0.717, 1.165) is 13.0 Å². The summed E-state index contributed by atoms with van der Waals surface area (Å²) in [7, 11) is 0. The minimum Gasteiger partial charge on any atom is -0.355 e. The van der Waals surface area contributed by atoms with E-state index < -0.39 is 0 Å². The predicted molar refractivity (Wildman–Crippen MR) is 55.6 cm³/mol. The second-order valence-corrected chi connectivity index (χ2v) is 2.98. The largest absolute Gasteiger partial charge is 0.355 e. The van der Waals surface area contributed by atoms with Gasteiger partial charge in [-0.15, -0.1) is 6.58 Å². The number of unbranched alkanes of at least 4 members (excludes halogenated alkanes) is 2. The van der Waals surface area contributed by atoms with Crippen LogP contribution in [0, 0.1) is 0 Å². The van der Waals surface area contributed by atoms with Crippen LogP contribution in [0.1, 0.15) is 26.2 Å². The van der Waals surface area contributed by atoms with Gasteiger partial charge in [0.1, 0.15) is 0 Å². The topological polar surface area (TPSA) is 41.1 Å². The Labute approximate surface area is 80.6 Å². The third-order valence-corrected chi connectivity index (χ3v) is 1.68. The van der Waals surface area contributed by atoms with Crippen LogP contribution in [0.3, 0.4) is 0 Å². The van der Waals surface area contributed by atoms with Gasteiger partial charge in [-0.1, -0.05) is 25.8 Å². The summed E-state index contributed by atoms with van der Waals surface area (Å²) >= 11 is 0. The molecule has 0 aromatic rings. The van der Waals surface area contributed by atoms with Gasteiger partial charge in [0.25, 0.3) is 0 Å². The van der Waals surface area contributed by atoms with Gasteiger partial charge in [-0.05, 0) is 6.42 Å². The molecule has 0 radical (unpaired) electrons. The lowest BCUT2D eigenvalue weighted by Gasteiger charge is -2.04. The summed E-state index contributed by atoms with van der Waals surface area (Å²) in [6.45, 7) is 7.56. The minimum atomic E-state index is 0.0675. The SMILES string of the molecule is C=CCNCC(=O)NCCCCC. The molecule has 76 valence electrons. The Hall–Kier alpha value is -0.830. The molecule has 0 saturated heterocycles. The fourth-order valence-corrected chi connectivity index (χ4v) is 0.953. The Balaban J connectivity index is 3.15. The van der Waals surface area contributed by atoms with Gasteiger partial charge in [-0.25, -0.2) is 0 Å². The van der Waals surface area contributed by atoms with E-state index in [1.165, 1.54) is 12.8 Å². The summed E-state index contributed by atoms with van der Waals surface area (Å²) in [4.78, 5) is 11.1. The summed E-state index contributed by atoms with van der Waals surface area (Å²) in [6.07, 6.45) is 5.18. The normalized spacial score (nSPS) is 9.62. The van der Waals surface area contributed by atoms with E-state index in [-0.39, 0.29) is 5.91 Å². The van der Waals surface area contributed by atoms with E-state index in [1.807, 2.05) is 0 Å². The van der Waals surface area contributed by atoms with Gasteiger partial charge >= 0.3 is 0 Å². The lowest BCUT2D eigenvalue weighted by Crippen LogP contribution is -2.34. The zero-order valence-corrected chi connectivity index (χ0v) is 8.44. The molecule has 3 nitrogen and oxygen atoms in total. The first-order chi connectivity index (χ1) is 6.31. The van der Waals surface area contributed by atoms with Crippen molar-refractivity contribution in [1.29, 1.82) is 0 Å². The third kappa shape index (κ3) is 9.08. The second-order valence-electron chi connectivity index (χ2n) is 2.98. The van der Waals surface area contributed by atoms with E-state index >= 15 is 0 Å². The highest BCUT2D eigenvalue weighted by atomic mass is 16.1. The molecule has 3 heteroatoms. The molecular formula is C10H20N2O. The van der Waals surface area contributed by atoms with Crippen LogP contribution in [0.15, 0.2) is 12.7 Å². The molecule has 0 rings (SSSR count). The summed E-state index contributed by atoms with van der Waals surface area (Å²) in [5.41, 5.74) is 0. The number of hydrogen-bond donors (Lipinski definition) is 2. The molecule has 0 aromatic heterocycles. The molecule has 2 N–H and O–H groups in total. The second kappa shape index (κ2) is 9.26. The zero-order chi connectivity index (χ0) is 9.94. The van der Waals surface area contributed by atoms with Crippen molar-refractivity contribution >= 4 is 5.91 Å². The molecule has 0 bridgehead atoms. The summed E-state index contributed by atoms with van der Waals surface area (Å²) < 4.78 is 0. The molecule has 0 aromatic carbocycles. The number of carbonyl (C=O) groups excluding carboxylic acids is 1. The van der Waals surface area contributed by atoms with Gasteiger partial charge in [0.15, 0.2) is 0 Å². The van der Waals surface area contributed by atoms with E-state index in [1.54, 1.807) is 6.08 Å². The van der Waals surface area contributed by atoms with E-state index in [9.17, 15) is 4.79 Å². The maximum atomic E-state index is 11.1. The van der Waals surface area contributed by atoms with Crippen molar-refractivity contribution in [1.82, 2.24) is 10.6 Å². The fraction of sp³-hybridized carbons (Fsp3) is 0.700. The van der Waals surface area contributed by atoms with E-state index in [2.05, 4.69) is 24.1 Å². The predicted octanol–water partition coefficient (Wildman–Crippen LogP) is 1.07. The Morgan fingerprint density at radius 2 is 2.23 bits per heavy atom. The quantitative estimate of drug-likeness (QED) is 0.437. The first-order valence-electron chi connectivity index (χ1n) is 4.89. The van der Waals surface area contributed by atoms with Gasteiger partial charge in [-0.2, -0.15) is 0 Å². The van der Waals surface area contributed by atoms with Crippen LogP contribution in [0.2, 0.25) is 0 Å². The van der Waals surface area contributed by atoms with Crippen LogP contribution in [-0.4, -0.2) is 25.5 Å². The van der Waals surface area contributed by atoms with E-state index in [4.69, 9.17) is 0 Å². The van der Waals surface area contributed by atoms with Crippen molar-refractivity contribution in [2.45, 2.75) is 26.2 Å². The Morgan fingerprint density at radius 1 is 1.46 bits per heavy atom. The molecule has 0 aliphatic rings. The Kier molecular flexibility index (Phi) is 8.67. The van der Waals surface area contributed by atoms with Gasteiger partial charge in [0, 0.05) is 13.1 Å². The van der Waals surface area contributed by atoms with Crippen molar-refractivity contribution in [2.24, 2.45) is 0 Å². The average molecular weight is 184 g/mol. The van der Waals surface area contributed by atoms with Crippen LogP contribution >= 0.6 is 0 Å². The third-order valence-electron chi connectivity index (χ3n) is 1.68. The van der Waals surface area contributed by atoms with Gasteiger partial charge < -0.3 is 10.6 Å². The summed E-state index contributed by atoms with van der Waals surface area (Å²) in [5, 5.41) is 5.79. The van der Waals surface area contributed by atoms with Gasteiger partial charge in [0.05, 0.1) is 6.54 Å². The van der Waals surface area contributed by atoms with Crippen LogP contribution in [0.25, 0.3) is 0 Å². The van der Waals surface area contributed by atoms with Crippen LogP contribution in [-0.2, 0) is 4.79 Å². The zero-order valence-electron chi connectivity index (χ0n) is 8.44. The molecule has 0 aliphatic heterocycles. The molecule has 0 saturated carbocycles.